The minimum absolute atomic E-state index is 0.0888. The molecule has 1 aliphatic rings. The van der Waals surface area contributed by atoms with E-state index < -0.39 is 12.1 Å². The second kappa shape index (κ2) is 12.8. The summed E-state index contributed by atoms with van der Waals surface area (Å²) in [5.41, 5.74) is 3.39. The number of benzene rings is 2. The van der Waals surface area contributed by atoms with Crippen molar-refractivity contribution < 1.29 is 28.9 Å². The van der Waals surface area contributed by atoms with E-state index in [4.69, 9.17) is 14.2 Å². The number of aromatic hydroxyl groups is 1. The average Bonchev–Trinajstić information content (AvgIpc) is 3.19. The summed E-state index contributed by atoms with van der Waals surface area (Å²) >= 11 is 0. The van der Waals surface area contributed by atoms with E-state index in [1.807, 2.05) is 26.0 Å². The first-order valence-corrected chi connectivity index (χ1v) is 13.7. The number of rotatable bonds is 9. The lowest BCUT2D eigenvalue weighted by molar-refractivity contribution is -0.120. The number of phenols is 1. The normalized spacial score (nSPS) is 14.5. The zero-order valence-electron chi connectivity index (χ0n) is 24.7. The highest BCUT2D eigenvalue weighted by atomic mass is 16.5. The molecule has 3 aromatic carbocycles. The maximum absolute atomic E-state index is 13.7. The zero-order valence-corrected chi connectivity index (χ0v) is 24.7. The topological polar surface area (TPSA) is 135 Å². The van der Waals surface area contributed by atoms with Gasteiger partial charge in [0.05, 0.1) is 33.1 Å². The Morgan fingerprint density at radius 1 is 0.952 bits per heavy atom. The van der Waals surface area contributed by atoms with Gasteiger partial charge in [-0.2, -0.15) is 0 Å². The number of carbonyl (C=O) groups is 2. The molecule has 0 fully saturated rings. The lowest BCUT2D eigenvalue weighted by atomic mass is 9.95. The summed E-state index contributed by atoms with van der Waals surface area (Å²) in [5.74, 6) is 0.753. The summed E-state index contributed by atoms with van der Waals surface area (Å²) in [7, 11) is 4.63. The van der Waals surface area contributed by atoms with Crippen molar-refractivity contribution in [2.75, 3.05) is 32.0 Å². The van der Waals surface area contributed by atoms with Crippen LogP contribution < -0.4 is 35.6 Å². The SMILES string of the molecule is COc1cc2c(c(OC)c1OC)-c1ccc(N[C@@H](C(=O)Nc3ccc(O)cc3)C(C)C)c(=O)cc1[C@H](NC(C)=O)CC2. The van der Waals surface area contributed by atoms with Gasteiger partial charge in [0.25, 0.3) is 0 Å². The van der Waals surface area contributed by atoms with Gasteiger partial charge in [-0.1, -0.05) is 19.9 Å². The van der Waals surface area contributed by atoms with E-state index in [9.17, 15) is 19.5 Å². The van der Waals surface area contributed by atoms with E-state index >= 15 is 0 Å². The molecule has 4 rings (SSSR count). The highest BCUT2D eigenvalue weighted by molar-refractivity contribution is 5.97. The number of fused-ring (bicyclic) bond motifs is 3. The molecule has 0 heterocycles. The van der Waals surface area contributed by atoms with Gasteiger partial charge in [0.15, 0.2) is 11.5 Å². The Labute approximate surface area is 245 Å². The first kappa shape index (κ1) is 30.2. The number of aryl methyl sites for hydroxylation is 1. The van der Waals surface area contributed by atoms with Crippen LogP contribution in [0, 0.1) is 5.92 Å². The van der Waals surface area contributed by atoms with Gasteiger partial charge < -0.3 is 35.3 Å². The number of nitrogens with one attached hydrogen (secondary N) is 3. The van der Waals surface area contributed by atoms with Crippen molar-refractivity contribution in [3.05, 3.63) is 69.9 Å². The summed E-state index contributed by atoms with van der Waals surface area (Å²) < 4.78 is 17.1. The summed E-state index contributed by atoms with van der Waals surface area (Å²) in [5, 5.41) is 18.5. The van der Waals surface area contributed by atoms with Gasteiger partial charge in [0.1, 0.15) is 11.8 Å². The van der Waals surface area contributed by atoms with Gasteiger partial charge in [-0.15, -0.1) is 0 Å². The smallest absolute Gasteiger partial charge is 0.247 e. The highest BCUT2D eigenvalue weighted by Crippen LogP contribution is 2.50. The molecule has 0 aliphatic heterocycles. The molecule has 10 heteroatoms. The molecule has 0 aromatic heterocycles. The van der Waals surface area contributed by atoms with Crippen LogP contribution >= 0.6 is 0 Å². The van der Waals surface area contributed by atoms with Crippen LogP contribution in [-0.2, 0) is 16.0 Å². The number of hydrogen-bond acceptors (Lipinski definition) is 8. The molecule has 10 nitrogen and oxygen atoms in total. The van der Waals surface area contributed by atoms with Crippen LogP contribution in [-0.4, -0.2) is 44.3 Å². The third-order valence-electron chi connectivity index (χ3n) is 7.31. The van der Waals surface area contributed by atoms with Gasteiger partial charge in [0.2, 0.25) is 23.0 Å². The molecule has 1 aliphatic carbocycles. The highest BCUT2D eigenvalue weighted by Gasteiger charge is 2.30. The molecule has 0 unspecified atom stereocenters. The average molecular weight is 576 g/mol. The molecule has 42 heavy (non-hydrogen) atoms. The molecule has 0 bridgehead atoms. The van der Waals surface area contributed by atoms with Crippen LogP contribution in [0.2, 0.25) is 0 Å². The number of anilines is 2. The minimum atomic E-state index is -0.744. The Hall–Kier alpha value is -4.73. The zero-order chi connectivity index (χ0) is 30.6. The molecule has 4 N–H and O–H groups in total. The maximum Gasteiger partial charge on any atom is 0.247 e. The molecule has 0 radical (unpaired) electrons. The predicted octanol–water partition coefficient (Wildman–Crippen LogP) is 4.64. The van der Waals surface area contributed by atoms with Crippen LogP contribution in [0.5, 0.6) is 23.0 Å². The van der Waals surface area contributed by atoms with E-state index in [1.165, 1.54) is 32.2 Å². The number of methoxy groups -OCH3 is 3. The molecule has 0 saturated carbocycles. The van der Waals surface area contributed by atoms with E-state index in [2.05, 4.69) is 16.0 Å². The molecule has 0 saturated heterocycles. The Balaban J connectivity index is 1.84. The lowest BCUT2D eigenvalue weighted by Gasteiger charge is -2.22. The molecular weight excluding hydrogens is 538 g/mol. The van der Waals surface area contributed by atoms with Crippen molar-refractivity contribution in [3.8, 4) is 34.1 Å². The van der Waals surface area contributed by atoms with Gasteiger partial charge in [0, 0.05) is 18.2 Å². The fraction of sp³-hybridized carbons (Fsp3) is 0.344. The third-order valence-corrected chi connectivity index (χ3v) is 7.31. The Morgan fingerprint density at radius 3 is 2.24 bits per heavy atom. The first-order chi connectivity index (χ1) is 20.1. The van der Waals surface area contributed by atoms with Crippen LogP contribution in [0.15, 0.2) is 53.3 Å². The van der Waals surface area contributed by atoms with Crippen molar-refractivity contribution in [2.24, 2.45) is 5.92 Å². The van der Waals surface area contributed by atoms with Crippen molar-refractivity contribution in [1.29, 1.82) is 0 Å². The number of ether oxygens (including phenoxy) is 3. The third kappa shape index (κ3) is 6.27. The van der Waals surface area contributed by atoms with Crippen molar-refractivity contribution in [2.45, 2.75) is 45.7 Å². The van der Waals surface area contributed by atoms with E-state index in [-0.39, 0.29) is 34.6 Å². The van der Waals surface area contributed by atoms with Crippen LogP contribution in [0.3, 0.4) is 0 Å². The summed E-state index contributed by atoms with van der Waals surface area (Å²) in [6, 6.07) is 11.8. The number of hydrogen-bond donors (Lipinski definition) is 4. The first-order valence-electron chi connectivity index (χ1n) is 13.7. The molecule has 2 amide bonds. The molecule has 0 spiro atoms. The van der Waals surface area contributed by atoms with Crippen molar-refractivity contribution in [3.63, 3.8) is 0 Å². The van der Waals surface area contributed by atoms with Crippen molar-refractivity contribution in [1.82, 2.24) is 5.32 Å². The van der Waals surface area contributed by atoms with Gasteiger partial charge in [-0.25, -0.2) is 0 Å². The Bertz CT molecular complexity index is 1540. The Morgan fingerprint density at radius 2 is 1.64 bits per heavy atom. The van der Waals surface area contributed by atoms with Crippen molar-refractivity contribution >= 4 is 23.2 Å². The summed E-state index contributed by atoms with van der Waals surface area (Å²) in [6.45, 7) is 5.20. The van der Waals surface area contributed by atoms with Crippen LogP contribution in [0.1, 0.15) is 44.4 Å². The fourth-order valence-corrected chi connectivity index (χ4v) is 5.29. The van der Waals surface area contributed by atoms with Gasteiger partial charge in [-0.05, 0) is 77.9 Å². The predicted molar refractivity (Wildman–Crippen MR) is 162 cm³/mol. The number of amides is 2. The van der Waals surface area contributed by atoms with E-state index in [0.29, 0.717) is 46.9 Å². The second-order valence-electron chi connectivity index (χ2n) is 10.5. The number of carbonyl (C=O) groups excluding carboxylic acids is 2. The quantitative estimate of drug-likeness (QED) is 0.271. The van der Waals surface area contributed by atoms with E-state index in [0.717, 1.165) is 11.1 Å². The minimum Gasteiger partial charge on any atom is -0.508 e. The standard InChI is InChI=1S/C32H37N3O7/c1-17(2)29(32(39)34-20-8-10-21(37)11-9-20)35-25-14-12-22-23(16-26(25)38)24(33-18(3)36)13-7-19-15-27(40-4)30(41-5)31(42-6)28(19)22/h8-12,14-17,24,29,37H,7,13H2,1-6H3,(H,33,36)(H,34,39)(H,35,38)/t24-,29-/m1/s1. The maximum atomic E-state index is 13.7. The fourth-order valence-electron chi connectivity index (χ4n) is 5.29. The van der Waals surface area contributed by atoms with Crippen LogP contribution in [0.25, 0.3) is 11.1 Å². The van der Waals surface area contributed by atoms with Gasteiger partial charge >= 0.3 is 0 Å². The summed E-state index contributed by atoms with van der Waals surface area (Å²) in [6.07, 6.45) is 1.12. The summed E-state index contributed by atoms with van der Waals surface area (Å²) in [4.78, 5) is 39.1. The Kier molecular flexibility index (Phi) is 9.25. The van der Waals surface area contributed by atoms with Gasteiger partial charge in [-0.3, -0.25) is 14.4 Å². The van der Waals surface area contributed by atoms with Crippen LogP contribution in [0.4, 0.5) is 11.4 Å². The molecule has 2 atom stereocenters. The molecular formula is C32H37N3O7. The van der Waals surface area contributed by atoms with E-state index in [1.54, 1.807) is 32.4 Å². The monoisotopic (exact) mass is 575 g/mol. The lowest BCUT2D eigenvalue weighted by Crippen LogP contribution is -2.39. The largest absolute Gasteiger partial charge is 0.508 e. The second-order valence-corrected chi connectivity index (χ2v) is 10.5. The molecule has 222 valence electrons. The molecule has 3 aromatic rings. The number of phenolic OH excluding ortho intramolecular Hbond substituents is 1.